The van der Waals surface area contributed by atoms with Crippen molar-refractivity contribution in [1.29, 1.82) is 10.5 Å². The van der Waals surface area contributed by atoms with Gasteiger partial charge in [0.15, 0.2) is 0 Å². The first-order chi connectivity index (χ1) is 4.68. The van der Waals surface area contributed by atoms with E-state index in [1.807, 2.05) is 32.9 Å². The van der Waals surface area contributed by atoms with Crippen LogP contribution in [0, 0.1) is 28.6 Å². The summed E-state index contributed by atoms with van der Waals surface area (Å²) in [5, 5.41) is 15.6. The number of nitrogens with zero attached hydrogens (tertiary/aromatic N) is 2. The van der Waals surface area contributed by atoms with Gasteiger partial charge in [-0.05, 0) is 20.8 Å². The first-order valence-electron chi connectivity index (χ1n) is 3.09. The van der Waals surface area contributed by atoms with E-state index >= 15 is 0 Å². The van der Waals surface area contributed by atoms with E-state index in [1.165, 1.54) is 6.08 Å². The second-order valence-electron chi connectivity index (χ2n) is 1.91. The van der Waals surface area contributed by atoms with Crippen LogP contribution in [0.4, 0.5) is 0 Å². The molecule has 2 nitrogen and oxygen atoms in total. The molecular weight excluding hydrogens is 124 g/mol. The predicted octanol–water partition coefficient (Wildman–Crippen LogP) is 2.25. The highest BCUT2D eigenvalue weighted by molar-refractivity contribution is 4.99. The highest BCUT2D eigenvalue weighted by atomic mass is 14.2. The maximum Gasteiger partial charge on any atom is 0.0908 e. The molecule has 0 aliphatic carbocycles. The number of nitriles is 2. The monoisotopic (exact) mass is 136 g/mol. The van der Waals surface area contributed by atoms with Crippen LogP contribution in [0.1, 0.15) is 20.8 Å². The molecule has 0 aromatic rings. The van der Waals surface area contributed by atoms with Crippen LogP contribution in [0.3, 0.4) is 0 Å². The van der Waals surface area contributed by atoms with Gasteiger partial charge in [0.05, 0.1) is 12.1 Å². The first-order valence-corrected chi connectivity index (χ1v) is 3.09. The zero-order valence-corrected chi connectivity index (χ0v) is 6.63. The summed E-state index contributed by atoms with van der Waals surface area (Å²) in [6, 6.07) is 3.86. The number of hydrogen-bond acceptors (Lipinski definition) is 2. The van der Waals surface area contributed by atoms with Crippen LogP contribution in [-0.2, 0) is 0 Å². The van der Waals surface area contributed by atoms with Gasteiger partial charge in [-0.15, -0.1) is 0 Å². The highest BCUT2D eigenvalue weighted by Gasteiger charge is 1.78. The van der Waals surface area contributed by atoms with Crippen molar-refractivity contribution >= 4 is 0 Å². The molecule has 0 atom stereocenters. The normalized spacial score (nSPS) is 7.80. The third kappa shape index (κ3) is 29.7. The quantitative estimate of drug-likeness (QED) is 0.479. The number of rotatable bonds is 0. The molecule has 2 heteroatoms. The van der Waals surface area contributed by atoms with Gasteiger partial charge in [-0.2, -0.15) is 10.5 Å². The van der Waals surface area contributed by atoms with Crippen molar-refractivity contribution in [3.05, 3.63) is 12.2 Å². The van der Waals surface area contributed by atoms with Crippen LogP contribution in [0.5, 0.6) is 0 Å². The molecule has 0 unspecified atom stereocenters. The Labute approximate surface area is 62.4 Å². The molecule has 0 bridgehead atoms. The molecule has 0 rings (SSSR count). The molecule has 10 heavy (non-hydrogen) atoms. The smallest absolute Gasteiger partial charge is 0.0908 e. The van der Waals surface area contributed by atoms with Crippen molar-refractivity contribution in [2.24, 2.45) is 5.92 Å². The summed E-state index contributed by atoms with van der Waals surface area (Å²) in [7, 11) is 0. The summed E-state index contributed by atoms with van der Waals surface area (Å²) >= 11 is 0. The molecule has 0 amide bonds. The van der Waals surface area contributed by atoms with Gasteiger partial charge in [-0.1, -0.05) is 6.08 Å². The Bertz CT molecular complexity index is 155. The summed E-state index contributed by atoms with van der Waals surface area (Å²) in [6.45, 7) is 5.53. The molecule has 0 N–H and O–H groups in total. The fraction of sp³-hybridized carbons (Fsp3) is 0.500. The molecule has 54 valence electrons. The summed E-state index contributed by atoms with van der Waals surface area (Å²) in [6.07, 6.45) is 3.12. The van der Waals surface area contributed by atoms with Gasteiger partial charge in [0.1, 0.15) is 0 Å². The van der Waals surface area contributed by atoms with Gasteiger partial charge < -0.3 is 0 Å². The Morgan fingerprint density at radius 2 is 1.70 bits per heavy atom. The first kappa shape index (κ1) is 11.5. The van der Waals surface area contributed by atoms with Crippen molar-refractivity contribution in [2.45, 2.75) is 20.8 Å². The Hall–Kier alpha value is -1.28. The fourth-order valence-corrected chi connectivity index (χ4v) is 0.0745. The molecule has 0 spiro atoms. The average Bonchev–Trinajstić information content (AvgIpc) is 1.91. The molecule has 0 fully saturated rings. The number of hydrogen-bond donors (Lipinski definition) is 0. The lowest BCUT2D eigenvalue weighted by molar-refractivity contribution is 0.849. The second kappa shape index (κ2) is 10.7. The molecule has 0 radical (unpaired) electrons. The third-order valence-electron chi connectivity index (χ3n) is 0.499. The molecule has 0 aliphatic rings. The van der Waals surface area contributed by atoms with Crippen molar-refractivity contribution in [3.8, 4) is 12.1 Å². The lowest BCUT2D eigenvalue weighted by atomic mass is 10.3. The molecule has 0 saturated heterocycles. The second-order valence-corrected chi connectivity index (χ2v) is 1.91. The van der Waals surface area contributed by atoms with Gasteiger partial charge >= 0.3 is 0 Å². The van der Waals surface area contributed by atoms with E-state index in [9.17, 15) is 0 Å². The van der Waals surface area contributed by atoms with Crippen molar-refractivity contribution in [2.75, 3.05) is 0 Å². The van der Waals surface area contributed by atoms with Crippen LogP contribution < -0.4 is 0 Å². The Kier molecular flexibility index (Phi) is 12.3. The van der Waals surface area contributed by atoms with E-state index in [4.69, 9.17) is 10.5 Å². The summed E-state index contributed by atoms with van der Waals surface area (Å²) in [5.74, 6) is 0.190. The Morgan fingerprint density at radius 3 is 1.70 bits per heavy atom. The van der Waals surface area contributed by atoms with E-state index in [2.05, 4.69) is 0 Å². The summed E-state index contributed by atoms with van der Waals surface area (Å²) < 4.78 is 0. The van der Waals surface area contributed by atoms with Crippen molar-refractivity contribution in [3.63, 3.8) is 0 Å². The minimum atomic E-state index is 0.190. The van der Waals surface area contributed by atoms with Crippen LogP contribution in [-0.4, -0.2) is 0 Å². The summed E-state index contributed by atoms with van der Waals surface area (Å²) in [4.78, 5) is 0. The fourth-order valence-electron chi connectivity index (χ4n) is 0.0745. The van der Waals surface area contributed by atoms with E-state index < -0.39 is 0 Å². The zero-order valence-electron chi connectivity index (χ0n) is 6.63. The van der Waals surface area contributed by atoms with E-state index in [0.717, 1.165) is 0 Å². The van der Waals surface area contributed by atoms with Crippen LogP contribution in [0.15, 0.2) is 12.2 Å². The standard InChI is InChI=1S/C4H7N.C4H5N/c1-4(2)3-5;1-2-3-4-5/h4H,1-2H3;2-3H,1H3/b;3-2+. The van der Waals surface area contributed by atoms with Gasteiger partial charge in [-0.3, -0.25) is 0 Å². The Balaban J connectivity index is 0. The third-order valence-corrected chi connectivity index (χ3v) is 0.499. The van der Waals surface area contributed by atoms with E-state index in [1.54, 1.807) is 6.08 Å². The Morgan fingerprint density at radius 1 is 1.30 bits per heavy atom. The van der Waals surface area contributed by atoms with Crippen LogP contribution >= 0.6 is 0 Å². The number of allylic oxidation sites excluding steroid dienone is 2. The van der Waals surface area contributed by atoms with Gasteiger partial charge in [0.2, 0.25) is 0 Å². The average molecular weight is 136 g/mol. The van der Waals surface area contributed by atoms with Crippen LogP contribution in [0.25, 0.3) is 0 Å². The van der Waals surface area contributed by atoms with Crippen molar-refractivity contribution in [1.82, 2.24) is 0 Å². The molecule has 0 aromatic carbocycles. The molecule has 0 heterocycles. The minimum absolute atomic E-state index is 0.190. The van der Waals surface area contributed by atoms with Gasteiger partial charge in [0, 0.05) is 12.0 Å². The maximum absolute atomic E-state index is 7.89. The maximum atomic E-state index is 7.89. The summed E-state index contributed by atoms with van der Waals surface area (Å²) in [5.41, 5.74) is 0. The van der Waals surface area contributed by atoms with Crippen LogP contribution in [0.2, 0.25) is 0 Å². The minimum Gasteiger partial charge on any atom is -0.198 e. The zero-order chi connectivity index (χ0) is 8.41. The van der Waals surface area contributed by atoms with Gasteiger partial charge in [0.25, 0.3) is 0 Å². The molecule has 0 aliphatic heterocycles. The SMILES string of the molecule is C/C=C/C#N.CC(C)C#N. The van der Waals surface area contributed by atoms with Gasteiger partial charge in [-0.25, -0.2) is 0 Å². The predicted molar refractivity (Wildman–Crippen MR) is 40.9 cm³/mol. The van der Waals surface area contributed by atoms with Crippen molar-refractivity contribution < 1.29 is 0 Å². The topological polar surface area (TPSA) is 47.6 Å². The highest BCUT2D eigenvalue weighted by Crippen LogP contribution is 1.81. The van der Waals surface area contributed by atoms with E-state index in [-0.39, 0.29) is 5.92 Å². The molecule has 0 aromatic heterocycles. The van der Waals surface area contributed by atoms with E-state index in [0.29, 0.717) is 0 Å². The largest absolute Gasteiger partial charge is 0.198 e. The lowest BCUT2D eigenvalue weighted by Gasteiger charge is -1.75. The molecule has 0 saturated carbocycles. The lowest BCUT2D eigenvalue weighted by Crippen LogP contribution is -1.72. The molecular formula is C8H12N2.